The third-order valence-electron chi connectivity index (χ3n) is 3.25. The van der Waals surface area contributed by atoms with E-state index in [0.29, 0.717) is 11.4 Å². The fourth-order valence-electron chi connectivity index (χ4n) is 2.20. The van der Waals surface area contributed by atoms with E-state index >= 15 is 0 Å². The molecule has 0 fully saturated rings. The van der Waals surface area contributed by atoms with Gasteiger partial charge in [0.05, 0.1) is 10.4 Å². The SMILES string of the molecule is CNc1ccc2cc(S(=O)(=O)N(C)CC(C)C)ccc2n1. The second-order valence-electron chi connectivity index (χ2n) is 5.48. The average Bonchev–Trinajstić information content (AvgIpc) is 2.45. The molecule has 2 aromatic rings. The van der Waals surface area contributed by atoms with E-state index in [1.54, 1.807) is 32.3 Å². The Bertz CT molecular complexity index is 742. The second kappa shape index (κ2) is 5.99. The van der Waals surface area contributed by atoms with Crippen molar-refractivity contribution in [1.29, 1.82) is 0 Å². The van der Waals surface area contributed by atoms with Crippen LogP contribution in [0.2, 0.25) is 0 Å². The van der Waals surface area contributed by atoms with Crippen LogP contribution >= 0.6 is 0 Å². The first-order valence-electron chi connectivity index (χ1n) is 6.89. The van der Waals surface area contributed by atoms with Gasteiger partial charge in [0.15, 0.2) is 0 Å². The largest absolute Gasteiger partial charge is 0.373 e. The zero-order chi connectivity index (χ0) is 15.6. The number of aromatic nitrogens is 1. The summed E-state index contributed by atoms with van der Waals surface area (Å²) in [6, 6.07) is 8.73. The van der Waals surface area contributed by atoms with Gasteiger partial charge in [-0.15, -0.1) is 0 Å². The summed E-state index contributed by atoms with van der Waals surface area (Å²) in [5.74, 6) is 1.04. The molecule has 0 aliphatic rings. The van der Waals surface area contributed by atoms with Crippen LogP contribution < -0.4 is 5.32 Å². The molecule has 0 aliphatic carbocycles. The van der Waals surface area contributed by atoms with E-state index in [1.165, 1.54) is 4.31 Å². The van der Waals surface area contributed by atoms with E-state index in [9.17, 15) is 8.42 Å². The Balaban J connectivity index is 2.42. The van der Waals surface area contributed by atoms with Gasteiger partial charge in [0, 0.05) is 26.0 Å². The maximum Gasteiger partial charge on any atom is 0.242 e. The second-order valence-corrected chi connectivity index (χ2v) is 7.53. The van der Waals surface area contributed by atoms with Crippen molar-refractivity contribution in [2.24, 2.45) is 5.92 Å². The van der Waals surface area contributed by atoms with Crippen LogP contribution in [0.25, 0.3) is 10.9 Å². The van der Waals surface area contributed by atoms with Crippen molar-refractivity contribution in [1.82, 2.24) is 9.29 Å². The number of hydrogen-bond donors (Lipinski definition) is 1. The maximum atomic E-state index is 12.5. The van der Waals surface area contributed by atoms with E-state index in [-0.39, 0.29) is 5.92 Å². The highest BCUT2D eigenvalue weighted by Gasteiger charge is 2.21. The lowest BCUT2D eigenvalue weighted by molar-refractivity contribution is 0.417. The molecule has 2 rings (SSSR count). The highest BCUT2D eigenvalue weighted by Crippen LogP contribution is 2.22. The van der Waals surface area contributed by atoms with E-state index in [1.807, 2.05) is 26.0 Å². The van der Waals surface area contributed by atoms with E-state index in [0.717, 1.165) is 16.7 Å². The summed E-state index contributed by atoms with van der Waals surface area (Å²) in [6.45, 7) is 4.49. The predicted molar refractivity (Wildman–Crippen MR) is 85.9 cm³/mol. The Labute approximate surface area is 126 Å². The molecule has 0 atom stereocenters. The molecule has 0 radical (unpaired) electrons. The third-order valence-corrected chi connectivity index (χ3v) is 5.07. The molecule has 6 heteroatoms. The lowest BCUT2D eigenvalue weighted by atomic mass is 10.2. The van der Waals surface area contributed by atoms with Gasteiger partial charge in [-0.1, -0.05) is 13.8 Å². The average molecular weight is 307 g/mol. The smallest absolute Gasteiger partial charge is 0.242 e. The molecule has 1 N–H and O–H groups in total. The first kappa shape index (κ1) is 15.7. The Morgan fingerprint density at radius 1 is 1.24 bits per heavy atom. The summed E-state index contributed by atoms with van der Waals surface area (Å²) in [5.41, 5.74) is 0.771. The fourth-order valence-corrected chi connectivity index (χ4v) is 3.57. The van der Waals surface area contributed by atoms with Crippen molar-refractivity contribution in [3.63, 3.8) is 0 Å². The fraction of sp³-hybridized carbons (Fsp3) is 0.400. The Morgan fingerprint density at radius 3 is 2.57 bits per heavy atom. The summed E-state index contributed by atoms with van der Waals surface area (Å²) >= 11 is 0. The monoisotopic (exact) mass is 307 g/mol. The highest BCUT2D eigenvalue weighted by atomic mass is 32.2. The van der Waals surface area contributed by atoms with Gasteiger partial charge in [-0.2, -0.15) is 0 Å². The molecule has 0 unspecified atom stereocenters. The van der Waals surface area contributed by atoms with Crippen LogP contribution in [0.5, 0.6) is 0 Å². The summed E-state index contributed by atoms with van der Waals surface area (Å²) in [4.78, 5) is 4.69. The molecular formula is C15H21N3O2S. The topological polar surface area (TPSA) is 62.3 Å². The summed E-state index contributed by atoms with van der Waals surface area (Å²) in [7, 11) is -0.0388. The minimum Gasteiger partial charge on any atom is -0.373 e. The lowest BCUT2D eigenvalue weighted by Crippen LogP contribution is -2.30. The molecular weight excluding hydrogens is 286 g/mol. The zero-order valence-corrected chi connectivity index (χ0v) is 13.6. The van der Waals surface area contributed by atoms with Crippen molar-refractivity contribution in [2.45, 2.75) is 18.7 Å². The minimum atomic E-state index is -3.45. The number of pyridine rings is 1. The molecule has 0 saturated heterocycles. The van der Waals surface area contributed by atoms with Crippen molar-refractivity contribution < 1.29 is 8.42 Å². The van der Waals surface area contributed by atoms with Crippen molar-refractivity contribution in [2.75, 3.05) is 26.0 Å². The summed E-state index contributed by atoms with van der Waals surface area (Å²) in [5, 5.41) is 3.78. The minimum absolute atomic E-state index is 0.282. The van der Waals surface area contributed by atoms with Crippen molar-refractivity contribution >= 4 is 26.7 Å². The normalized spacial score (nSPS) is 12.3. The quantitative estimate of drug-likeness (QED) is 0.922. The van der Waals surface area contributed by atoms with Crippen LogP contribution in [-0.2, 0) is 10.0 Å². The van der Waals surface area contributed by atoms with Crippen LogP contribution in [0.3, 0.4) is 0 Å². The van der Waals surface area contributed by atoms with Gasteiger partial charge < -0.3 is 5.32 Å². The molecule has 0 amide bonds. The molecule has 1 aromatic heterocycles. The first-order chi connectivity index (χ1) is 9.84. The van der Waals surface area contributed by atoms with Crippen LogP contribution in [0.4, 0.5) is 5.82 Å². The van der Waals surface area contributed by atoms with Gasteiger partial charge in [0.25, 0.3) is 0 Å². The highest BCUT2D eigenvalue weighted by molar-refractivity contribution is 7.89. The number of fused-ring (bicyclic) bond motifs is 1. The van der Waals surface area contributed by atoms with Crippen LogP contribution in [-0.4, -0.2) is 38.3 Å². The standard InChI is InChI=1S/C15H21N3O2S/c1-11(2)10-18(4)21(19,20)13-6-7-14-12(9-13)5-8-15(16-3)17-14/h5-9,11H,10H2,1-4H3,(H,16,17). The Hall–Kier alpha value is -1.66. The van der Waals surface area contributed by atoms with Crippen molar-refractivity contribution in [3.8, 4) is 0 Å². The predicted octanol–water partition coefficient (Wildman–Crippen LogP) is 2.55. The van der Waals surface area contributed by atoms with Crippen LogP contribution in [0, 0.1) is 5.92 Å². The first-order valence-corrected chi connectivity index (χ1v) is 8.33. The molecule has 0 bridgehead atoms. The molecule has 114 valence electrons. The molecule has 5 nitrogen and oxygen atoms in total. The number of anilines is 1. The van der Waals surface area contributed by atoms with Gasteiger partial charge in [0.1, 0.15) is 5.82 Å². The van der Waals surface area contributed by atoms with Crippen molar-refractivity contribution in [3.05, 3.63) is 30.3 Å². The molecule has 0 spiro atoms. The van der Waals surface area contributed by atoms with E-state index in [2.05, 4.69) is 10.3 Å². The number of rotatable bonds is 5. The molecule has 21 heavy (non-hydrogen) atoms. The third kappa shape index (κ3) is 3.33. The molecule has 0 aliphatic heterocycles. The van der Waals surface area contributed by atoms with E-state index < -0.39 is 10.0 Å². The van der Waals surface area contributed by atoms with Gasteiger partial charge in [0.2, 0.25) is 10.0 Å². The van der Waals surface area contributed by atoms with E-state index in [4.69, 9.17) is 0 Å². The lowest BCUT2D eigenvalue weighted by Gasteiger charge is -2.19. The molecule has 1 aromatic carbocycles. The van der Waals surface area contributed by atoms with Crippen LogP contribution in [0.15, 0.2) is 35.2 Å². The van der Waals surface area contributed by atoms with Gasteiger partial charge in [-0.25, -0.2) is 17.7 Å². The maximum absolute atomic E-state index is 12.5. The number of benzene rings is 1. The summed E-state index contributed by atoms with van der Waals surface area (Å²) < 4.78 is 26.5. The van der Waals surface area contributed by atoms with Gasteiger partial charge in [-0.05, 0) is 36.2 Å². The Kier molecular flexibility index (Phi) is 4.49. The number of nitrogens with one attached hydrogen (secondary N) is 1. The van der Waals surface area contributed by atoms with Gasteiger partial charge in [-0.3, -0.25) is 0 Å². The van der Waals surface area contributed by atoms with Gasteiger partial charge >= 0.3 is 0 Å². The number of nitrogens with zero attached hydrogens (tertiary/aromatic N) is 2. The number of hydrogen-bond acceptors (Lipinski definition) is 4. The summed E-state index contributed by atoms with van der Waals surface area (Å²) in [6.07, 6.45) is 0. The number of sulfonamides is 1. The molecule has 1 heterocycles. The Morgan fingerprint density at radius 2 is 1.95 bits per heavy atom. The van der Waals surface area contributed by atoms with Crippen LogP contribution in [0.1, 0.15) is 13.8 Å². The molecule has 0 saturated carbocycles. The zero-order valence-electron chi connectivity index (χ0n) is 12.8.